The third-order valence-corrected chi connectivity index (χ3v) is 4.21. The molecule has 0 aromatic heterocycles. The van der Waals surface area contributed by atoms with Gasteiger partial charge in [-0.2, -0.15) is 0 Å². The van der Waals surface area contributed by atoms with Crippen molar-refractivity contribution in [3.05, 3.63) is 0 Å². The Morgan fingerprint density at radius 2 is 1.33 bits per heavy atom. The standard InChI is InChI=1S/C20H39N3O4/c1-7-8-9-16(12-24)22-19(26)18(11-14(4)5)23-20(27)17(10-13(2)3)21-15(6)25/h13-14,16-18,24H,7-12H2,1-6H3,(H,21,25)(H,22,26)(H,23,27)/t16-,17-,18-/m1/s1. The number of unbranched alkanes of at least 4 members (excludes halogenated alkanes) is 1. The third kappa shape index (κ3) is 11.6. The highest BCUT2D eigenvalue weighted by molar-refractivity contribution is 5.91. The fourth-order valence-electron chi connectivity index (χ4n) is 2.88. The van der Waals surface area contributed by atoms with Crippen LogP contribution < -0.4 is 16.0 Å². The van der Waals surface area contributed by atoms with Gasteiger partial charge in [0.1, 0.15) is 12.1 Å². The molecule has 4 N–H and O–H groups in total. The molecule has 3 amide bonds. The molecule has 0 unspecified atom stereocenters. The fraction of sp³-hybridized carbons (Fsp3) is 0.850. The lowest BCUT2D eigenvalue weighted by atomic mass is 9.99. The maximum atomic E-state index is 12.7. The third-order valence-electron chi connectivity index (χ3n) is 4.21. The minimum absolute atomic E-state index is 0.129. The number of hydrogen-bond acceptors (Lipinski definition) is 4. The zero-order valence-corrected chi connectivity index (χ0v) is 17.8. The number of aliphatic hydroxyl groups excluding tert-OH is 1. The normalized spacial score (nSPS) is 14.6. The summed E-state index contributed by atoms with van der Waals surface area (Å²) in [6, 6.07) is -1.68. The van der Waals surface area contributed by atoms with Crippen molar-refractivity contribution in [3.8, 4) is 0 Å². The quantitative estimate of drug-likeness (QED) is 0.387. The topological polar surface area (TPSA) is 108 Å². The number of carbonyl (C=O) groups is 3. The van der Waals surface area contributed by atoms with E-state index >= 15 is 0 Å². The molecule has 0 aliphatic carbocycles. The minimum atomic E-state index is -0.698. The van der Waals surface area contributed by atoms with Crippen LogP contribution in [0.25, 0.3) is 0 Å². The molecule has 0 aliphatic heterocycles. The molecule has 0 saturated carbocycles. The number of carbonyl (C=O) groups excluding carboxylic acids is 3. The van der Waals surface area contributed by atoms with E-state index in [1.807, 2.05) is 27.7 Å². The Labute approximate surface area is 164 Å². The van der Waals surface area contributed by atoms with Crippen molar-refractivity contribution in [2.45, 2.75) is 91.8 Å². The molecule has 7 heteroatoms. The number of amides is 3. The van der Waals surface area contributed by atoms with E-state index in [9.17, 15) is 19.5 Å². The fourth-order valence-corrected chi connectivity index (χ4v) is 2.88. The van der Waals surface area contributed by atoms with Crippen LogP contribution in [0.4, 0.5) is 0 Å². The van der Waals surface area contributed by atoms with Gasteiger partial charge in [0, 0.05) is 6.92 Å². The van der Waals surface area contributed by atoms with Crippen LogP contribution in [0, 0.1) is 11.8 Å². The van der Waals surface area contributed by atoms with Crippen LogP contribution in [0.15, 0.2) is 0 Å². The molecule has 0 fully saturated rings. The van der Waals surface area contributed by atoms with Gasteiger partial charge in [-0.25, -0.2) is 0 Å². The first-order valence-electron chi connectivity index (χ1n) is 10.1. The van der Waals surface area contributed by atoms with E-state index in [1.54, 1.807) is 0 Å². The first kappa shape index (κ1) is 25.4. The van der Waals surface area contributed by atoms with Crippen molar-refractivity contribution in [2.24, 2.45) is 11.8 Å². The lowest BCUT2D eigenvalue weighted by Gasteiger charge is -2.26. The largest absolute Gasteiger partial charge is 0.394 e. The predicted octanol–water partition coefficient (Wildman–Crippen LogP) is 1.74. The molecule has 0 rings (SSSR count). The molecule has 0 radical (unpaired) electrons. The summed E-state index contributed by atoms with van der Waals surface area (Å²) in [4.78, 5) is 36.8. The van der Waals surface area contributed by atoms with Gasteiger partial charge in [-0.3, -0.25) is 14.4 Å². The lowest BCUT2D eigenvalue weighted by Crippen LogP contribution is -2.55. The molecule has 0 aliphatic rings. The monoisotopic (exact) mass is 385 g/mol. The molecule has 7 nitrogen and oxygen atoms in total. The van der Waals surface area contributed by atoms with Gasteiger partial charge in [0.2, 0.25) is 17.7 Å². The second-order valence-corrected chi connectivity index (χ2v) is 8.10. The van der Waals surface area contributed by atoms with E-state index in [-0.39, 0.29) is 42.2 Å². The Morgan fingerprint density at radius 3 is 1.74 bits per heavy atom. The lowest BCUT2D eigenvalue weighted by molar-refractivity contribution is -0.132. The first-order chi connectivity index (χ1) is 12.6. The summed E-state index contributed by atoms with van der Waals surface area (Å²) in [7, 11) is 0. The summed E-state index contributed by atoms with van der Waals surface area (Å²) < 4.78 is 0. The first-order valence-corrected chi connectivity index (χ1v) is 10.1. The van der Waals surface area contributed by atoms with Crippen molar-refractivity contribution in [3.63, 3.8) is 0 Å². The van der Waals surface area contributed by atoms with Crippen LogP contribution in [-0.4, -0.2) is 47.6 Å². The summed E-state index contributed by atoms with van der Waals surface area (Å²) >= 11 is 0. The van der Waals surface area contributed by atoms with Crippen molar-refractivity contribution in [1.29, 1.82) is 0 Å². The van der Waals surface area contributed by atoms with Crippen LogP contribution in [-0.2, 0) is 14.4 Å². The van der Waals surface area contributed by atoms with Gasteiger partial charge in [0.25, 0.3) is 0 Å². The summed E-state index contributed by atoms with van der Waals surface area (Å²) in [6.45, 7) is 11.2. The maximum Gasteiger partial charge on any atom is 0.243 e. The molecule has 27 heavy (non-hydrogen) atoms. The van der Waals surface area contributed by atoms with E-state index < -0.39 is 12.1 Å². The maximum absolute atomic E-state index is 12.7. The van der Waals surface area contributed by atoms with E-state index in [4.69, 9.17) is 0 Å². The average molecular weight is 386 g/mol. The number of hydrogen-bond donors (Lipinski definition) is 4. The smallest absolute Gasteiger partial charge is 0.243 e. The SMILES string of the molecule is CCCC[C@H](CO)NC(=O)[C@@H](CC(C)C)NC(=O)[C@@H](CC(C)C)NC(C)=O. The molecular weight excluding hydrogens is 346 g/mol. The van der Waals surface area contributed by atoms with Gasteiger partial charge >= 0.3 is 0 Å². The molecule has 0 aromatic rings. The van der Waals surface area contributed by atoms with Crippen LogP contribution in [0.2, 0.25) is 0 Å². The Kier molecular flexibility index (Phi) is 12.7. The van der Waals surface area contributed by atoms with Crippen LogP contribution in [0.1, 0.15) is 73.6 Å². The van der Waals surface area contributed by atoms with Crippen molar-refractivity contribution >= 4 is 17.7 Å². The van der Waals surface area contributed by atoms with Crippen molar-refractivity contribution in [2.75, 3.05) is 6.61 Å². The molecule has 0 heterocycles. The van der Waals surface area contributed by atoms with Gasteiger partial charge in [-0.05, 0) is 31.1 Å². The van der Waals surface area contributed by atoms with E-state index in [0.29, 0.717) is 19.3 Å². The summed E-state index contributed by atoms with van der Waals surface area (Å²) in [6.07, 6.45) is 3.57. The Bertz CT molecular complexity index is 466. The Hall–Kier alpha value is -1.63. The van der Waals surface area contributed by atoms with Crippen LogP contribution in [0.3, 0.4) is 0 Å². The Balaban J connectivity index is 5.11. The van der Waals surface area contributed by atoms with E-state index in [1.165, 1.54) is 6.92 Å². The minimum Gasteiger partial charge on any atom is -0.394 e. The highest BCUT2D eigenvalue weighted by Crippen LogP contribution is 2.10. The zero-order valence-electron chi connectivity index (χ0n) is 17.8. The molecule has 0 saturated heterocycles. The molecule has 0 aromatic carbocycles. The highest BCUT2D eigenvalue weighted by atomic mass is 16.3. The van der Waals surface area contributed by atoms with Crippen LogP contribution in [0.5, 0.6) is 0 Å². The van der Waals surface area contributed by atoms with Gasteiger partial charge < -0.3 is 21.1 Å². The van der Waals surface area contributed by atoms with Crippen LogP contribution >= 0.6 is 0 Å². The number of aliphatic hydroxyl groups is 1. The molecule has 158 valence electrons. The van der Waals surface area contributed by atoms with Gasteiger partial charge in [0.15, 0.2) is 0 Å². The zero-order chi connectivity index (χ0) is 21.0. The van der Waals surface area contributed by atoms with Gasteiger partial charge in [0.05, 0.1) is 12.6 Å². The summed E-state index contributed by atoms with van der Waals surface area (Å²) in [5.41, 5.74) is 0. The van der Waals surface area contributed by atoms with E-state index in [0.717, 1.165) is 12.8 Å². The number of nitrogens with one attached hydrogen (secondary N) is 3. The number of rotatable bonds is 13. The average Bonchev–Trinajstić information content (AvgIpc) is 2.55. The second-order valence-electron chi connectivity index (χ2n) is 8.10. The summed E-state index contributed by atoms with van der Waals surface area (Å²) in [5, 5.41) is 17.8. The van der Waals surface area contributed by atoms with Crippen molar-refractivity contribution in [1.82, 2.24) is 16.0 Å². The predicted molar refractivity (Wildman–Crippen MR) is 107 cm³/mol. The summed E-state index contributed by atoms with van der Waals surface area (Å²) in [5.74, 6) is -0.501. The van der Waals surface area contributed by atoms with Gasteiger partial charge in [-0.15, -0.1) is 0 Å². The second kappa shape index (κ2) is 13.5. The van der Waals surface area contributed by atoms with Gasteiger partial charge in [-0.1, -0.05) is 47.5 Å². The molecular formula is C20H39N3O4. The molecule has 0 spiro atoms. The van der Waals surface area contributed by atoms with Crippen molar-refractivity contribution < 1.29 is 19.5 Å². The molecule has 0 bridgehead atoms. The van der Waals surface area contributed by atoms with E-state index in [2.05, 4.69) is 22.9 Å². The highest BCUT2D eigenvalue weighted by Gasteiger charge is 2.28. The molecule has 3 atom stereocenters. The Morgan fingerprint density at radius 1 is 0.852 bits per heavy atom.